The van der Waals surface area contributed by atoms with Crippen molar-refractivity contribution in [2.45, 2.75) is 150 Å². The third kappa shape index (κ3) is 22.4. The minimum Gasteiger partial charge on any atom is -0.465 e. The smallest absolute Gasteiger partial charge is 0.308 e. The molecule has 190 valence electrons. The Morgan fingerprint density at radius 2 is 1.12 bits per heavy atom. The van der Waals surface area contributed by atoms with Gasteiger partial charge in [0.1, 0.15) is 0 Å². The second-order valence-electron chi connectivity index (χ2n) is 10.7. The van der Waals surface area contributed by atoms with Crippen molar-refractivity contribution in [3.05, 3.63) is 12.2 Å². The van der Waals surface area contributed by atoms with Gasteiger partial charge in [0.25, 0.3) is 0 Å². The number of carbonyl (C=O) groups excluding carboxylic acids is 1. The molecule has 0 N–H and O–H groups in total. The summed E-state index contributed by atoms with van der Waals surface area (Å²) in [4.78, 5) is 12.6. The molecule has 0 aliphatic carbocycles. The average molecular weight is 451 g/mol. The fraction of sp³-hybridized carbons (Fsp3) is 0.900. The molecule has 0 saturated carbocycles. The number of esters is 1. The lowest BCUT2D eigenvalue weighted by Gasteiger charge is -2.17. The van der Waals surface area contributed by atoms with Crippen LogP contribution in [0.4, 0.5) is 0 Å². The standard InChI is InChI=1S/C30H58O2/c1-6-7-8-9-10-11-12-13-14-15-16-17-18-19-24-29(25-20-22-27(2)3)30(31)32-26-21-23-28(4)5/h13-14,27-29H,6-12,15-26H2,1-5H3/b14-13-. The van der Waals surface area contributed by atoms with E-state index in [2.05, 4.69) is 46.8 Å². The zero-order valence-electron chi connectivity index (χ0n) is 22.6. The van der Waals surface area contributed by atoms with E-state index in [1.54, 1.807) is 0 Å². The van der Waals surface area contributed by atoms with Gasteiger partial charge in [0.05, 0.1) is 12.5 Å². The van der Waals surface area contributed by atoms with E-state index in [0.29, 0.717) is 18.4 Å². The quantitative estimate of drug-likeness (QED) is 0.0879. The fourth-order valence-electron chi connectivity index (χ4n) is 4.22. The molecule has 0 saturated heterocycles. The summed E-state index contributed by atoms with van der Waals surface area (Å²) in [6, 6.07) is 0. The number of rotatable bonds is 23. The monoisotopic (exact) mass is 450 g/mol. The minimum absolute atomic E-state index is 0.0649. The molecule has 32 heavy (non-hydrogen) atoms. The van der Waals surface area contributed by atoms with E-state index in [1.165, 1.54) is 77.0 Å². The molecule has 2 nitrogen and oxygen atoms in total. The Hall–Kier alpha value is -0.790. The van der Waals surface area contributed by atoms with Gasteiger partial charge < -0.3 is 4.74 Å². The van der Waals surface area contributed by atoms with Crippen molar-refractivity contribution >= 4 is 5.97 Å². The predicted octanol–water partition coefficient (Wildman–Crippen LogP) is 10.1. The number of allylic oxidation sites excluding steroid dienone is 2. The second-order valence-corrected chi connectivity index (χ2v) is 10.7. The fourth-order valence-corrected chi connectivity index (χ4v) is 4.22. The van der Waals surface area contributed by atoms with Gasteiger partial charge >= 0.3 is 5.97 Å². The summed E-state index contributed by atoms with van der Waals surface area (Å²) >= 11 is 0. The summed E-state index contributed by atoms with van der Waals surface area (Å²) in [6.07, 6.45) is 27.0. The summed E-state index contributed by atoms with van der Waals surface area (Å²) < 4.78 is 5.63. The summed E-state index contributed by atoms with van der Waals surface area (Å²) in [5.74, 6) is 1.58. The first-order chi connectivity index (χ1) is 15.5. The van der Waals surface area contributed by atoms with E-state index in [9.17, 15) is 4.79 Å². The summed E-state index contributed by atoms with van der Waals surface area (Å²) in [5, 5.41) is 0. The van der Waals surface area contributed by atoms with Crippen LogP contribution >= 0.6 is 0 Å². The van der Waals surface area contributed by atoms with Gasteiger partial charge in [0, 0.05) is 0 Å². The molecule has 1 atom stereocenters. The molecular weight excluding hydrogens is 392 g/mol. The van der Waals surface area contributed by atoms with Crippen LogP contribution in [0.5, 0.6) is 0 Å². The van der Waals surface area contributed by atoms with Gasteiger partial charge in [-0.15, -0.1) is 0 Å². The molecule has 0 heterocycles. The molecule has 0 aromatic rings. The highest BCUT2D eigenvalue weighted by atomic mass is 16.5. The first kappa shape index (κ1) is 31.2. The minimum atomic E-state index is 0.0649. The van der Waals surface area contributed by atoms with E-state index < -0.39 is 0 Å². The van der Waals surface area contributed by atoms with Crippen molar-refractivity contribution in [2.24, 2.45) is 17.8 Å². The summed E-state index contributed by atoms with van der Waals surface area (Å²) in [6.45, 7) is 11.9. The SMILES string of the molecule is CCCCCCCC/C=C\CCCCCCC(CCCC(C)C)C(=O)OCCCC(C)C. The summed E-state index contributed by atoms with van der Waals surface area (Å²) in [7, 11) is 0. The van der Waals surface area contributed by atoms with Crippen molar-refractivity contribution in [3.63, 3.8) is 0 Å². The topological polar surface area (TPSA) is 26.3 Å². The maximum atomic E-state index is 12.6. The Morgan fingerprint density at radius 3 is 1.72 bits per heavy atom. The Labute approximate surface area is 202 Å². The average Bonchev–Trinajstić information content (AvgIpc) is 2.75. The first-order valence-electron chi connectivity index (χ1n) is 14.3. The van der Waals surface area contributed by atoms with Gasteiger partial charge in [-0.25, -0.2) is 0 Å². The highest BCUT2D eigenvalue weighted by Crippen LogP contribution is 2.21. The third-order valence-electron chi connectivity index (χ3n) is 6.40. The Bertz CT molecular complexity index is 425. The summed E-state index contributed by atoms with van der Waals surface area (Å²) in [5.41, 5.74) is 0. The normalized spacial score (nSPS) is 12.8. The predicted molar refractivity (Wildman–Crippen MR) is 142 cm³/mol. The van der Waals surface area contributed by atoms with Crippen LogP contribution in [0, 0.1) is 17.8 Å². The molecule has 0 radical (unpaired) electrons. The van der Waals surface area contributed by atoms with Gasteiger partial charge in [-0.3, -0.25) is 4.79 Å². The molecule has 0 aliphatic rings. The van der Waals surface area contributed by atoms with Crippen LogP contribution in [0.1, 0.15) is 150 Å². The van der Waals surface area contributed by atoms with Crippen LogP contribution < -0.4 is 0 Å². The molecule has 0 fully saturated rings. The zero-order chi connectivity index (χ0) is 23.9. The Kier molecular flexibility index (Phi) is 22.8. The molecule has 0 amide bonds. The van der Waals surface area contributed by atoms with Crippen molar-refractivity contribution in [1.29, 1.82) is 0 Å². The molecule has 0 aliphatic heterocycles. The van der Waals surface area contributed by atoms with Crippen LogP contribution in [-0.2, 0) is 9.53 Å². The van der Waals surface area contributed by atoms with Gasteiger partial charge in [-0.1, -0.05) is 111 Å². The van der Waals surface area contributed by atoms with Crippen LogP contribution in [0.25, 0.3) is 0 Å². The molecule has 0 bridgehead atoms. The van der Waals surface area contributed by atoms with Gasteiger partial charge in [0.2, 0.25) is 0 Å². The van der Waals surface area contributed by atoms with E-state index in [1.807, 2.05) is 0 Å². The lowest BCUT2D eigenvalue weighted by atomic mass is 9.93. The number of ether oxygens (including phenoxy) is 1. The highest BCUT2D eigenvalue weighted by molar-refractivity contribution is 5.72. The van der Waals surface area contributed by atoms with Crippen molar-refractivity contribution < 1.29 is 9.53 Å². The number of hydrogen-bond donors (Lipinski definition) is 0. The molecule has 0 rings (SSSR count). The lowest BCUT2D eigenvalue weighted by Crippen LogP contribution is -2.19. The lowest BCUT2D eigenvalue weighted by molar-refractivity contribution is -0.149. The largest absolute Gasteiger partial charge is 0.465 e. The van der Waals surface area contributed by atoms with Crippen molar-refractivity contribution in [2.75, 3.05) is 6.61 Å². The molecule has 0 aromatic heterocycles. The highest BCUT2D eigenvalue weighted by Gasteiger charge is 2.19. The van der Waals surface area contributed by atoms with Gasteiger partial charge in [0.15, 0.2) is 0 Å². The third-order valence-corrected chi connectivity index (χ3v) is 6.40. The molecule has 0 spiro atoms. The molecular formula is C30H58O2. The Morgan fingerprint density at radius 1 is 0.625 bits per heavy atom. The second kappa shape index (κ2) is 23.4. The maximum Gasteiger partial charge on any atom is 0.308 e. The van der Waals surface area contributed by atoms with Crippen molar-refractivity contribution in [3.8, 4) is 0 Å². The van der Waals surface area contributed by atoms with E-state index in [0.717, 1.165) is 38.5 Å². The Balaban J connectivity index is 3.89. The van der Waals surface area contributed by atoms with Crippen LogP contribution in [0.15, 0.2) is 12.2 Å². The van der Waals surface area contributed by atoms with Crippen LogP contribution in [0.2, 0.25) is 0 Å². The number of carbonyl (C=O) groups is 1. The van der Waals surface area contributed by atoms with E-state index in [-0.39, 0.29) is 11.9 Å². The van der Waals surface area contributed by atoms with E-state index in [4.69, 9.17) is 4.74 Å². The molecule has 1 unspecified atom stereocenters. The number of unbranched alkanes of at least 4 members (excludes halogenated alkanes) is 10. The van der Waals surface area contributed by atoms with Crippen LogP contribution in [-0.4, -0.2) is 12.6 Å². The van der Waals surface area contributed by atoms with Crippen LogP contribution in [0.3, 0.4) is 0 Å². The zero-order valence-corrected chi connectivity index (χ0v) is 22.6. The first-order valence-corrected chi connectivity index (χ1v) is 14.3. The van der Waals surface area contributed by atoms with Crippen molar-refractivity contribution in [1.82, 2.24) is 0 Å². The molecule has 2 heteroatoms. The number of hydrogen-bond acceptors (Lipinski definition) is 2. The van der Waals surface area contributed by atoms with Gasteiger partial charge in [-0.05, 0) is 63.2 Å². The maximum absolute atomic E-state index is 12.6. The van der Waals surface area contributed by atoms with Gasteiger partial charge in [-0.2, -0.15) is 0 Å². The molecule has 0 aromatic carbocycles. The van der Waals surface area contributed by atoms with E-state index >= 15 is 0 Å².